The van der Waals surface area contributed by atoms with Gasteiger partial charge in [-0.1, -0.05) is 6.42 Å². The molecule has 1 fully saturated rings. The average Bonchev–Trinajstić information content (AvgIpc) is 2.52. The van der Waals surface area contributed by atoms with Gasteiger partial charge in [-0.25, -0.2) is 13.1 Å². The Balaban J connectivity index is 0.00000484. The van der Waals surface area contributed by atoms with Crippen molar-refractivity contribution in [2.75, 3.05) is 51.6 Å². The first-order valence-electron chi connectivity index (χ1n) is 8.29. The number of rotatable bonds is 9. The molecule has 0 radical (unpaired) electrons. The molecule has 0 unspecified atom stereocenters. The summed E-state index contributed by atoms with van der Waals surface area (Å²) in [5, 5.41) is 6.47. The number of hydrogen-bond donors (Lipinski definition) is 3. The van der Waals surface area contributed by atoms with Gasteiger partial charge in [0, 0.05) is 26.2 Å². The third-order valence-electron chi connectivity index (χ3n) is 3.60. The Morgan fingerprint density at radius 2 is 1.78 bits per heavy atom. The van der Waals surface area contributed by atoms with Crippen LogP contribution in [0.15, 0.2) is 4.99 Å². The van der Waals surface area contributed by atoms with Gasteiger partial charge in [-0.2, -0.15) is 0 Å². The maximum absolute atomic E-state index is 11.3. The smallest absolute Gasteiger partial charge is 0.211 e. The lowest BCUT2D eigenvalue weighted by atomic mass is 10.1. The molecule has 0 atom stereocenters. The van der Waals surface area contributed by atoms with Gasteiger partial charge in [0.15, 0.2) is 5.96 Å². The van der Waals surface area contributed by atoms with E-state index in [1.165, 1.54) is 32.4 Å². The Morgan fingerprint density at radius 3 is 2.39 bits per heavy atom. The third kappa shape index (κ3) is 11.1. The second-order valence-corrected chi connectivity index (χ2v) is 7.48. The molecular formula is C14H32IN5O2S. The van der Waals surface area contributed by atoms with E-state index in [-0.39, 0.29) is 29.7 Å². The molecule has 23 heavy (non-hydrogen) atoms. The predicted molar refractivity (Wildman–Crippen MR) is 107 cm³/mol. The molecule has 0 aromatic heterocycles. The van der Waals surface area contributed by atoms with Gasteiger partial charge < -0.3 is 15.5 Å². The van der Waals surface area contributed by atoms with E-state index in [4.69, 9.17) is 0 Å². The van der Waals surface area contributed by atoms with Crippen LogP contribution in [-0.2, 0) is 10.0 Å². The van der Waals surface area contributed by atoms with Crippen molar-refractivity contribution < 1.29 is 8.42 Å². The fourth-order valence-electron chi connectivity index (χ4n) is 2.33. The highest BCUT2D eigenvalue weighted by Crippen LogP contribution is 2.07. The zero-order valence-corrected chi connectivity index (χ0v) is 17.5. The molecule has 1 saturated heterocycles. The van der Waals surface area contributed by atoms with Crippen LogP contribution in [0.4, 0.5) is 0 Å². The second-order valence-electron chi connectivity index (χ2n) is 5.39. The highest BCUT2D eigenvalue weighted by Gasteiger charge is 2.09. The van der Waals surface area contributed by atoms with Crippen LogP contribution in [0.3, 0.4) is 0 Å². The SMILES string of the molecule is CCNC(=NCCNS(=O)(=O)CC)NCCN1CCCCC1.I. The number of aliphatic imine (C=N–C) groups is 1. The lowest BCUT2D eigenvalue weighted by molar-refractivity contribution is 0.232. The second kappa shape index (κ2) is 13.2. The lowest BCUT2D eigenvalue weighted by Crippen LogP contribution is -2.43. The van der Waals surface area contributed by atoms with Crippen LogP contribution >= 0.6 is 24.0 Å². The molecule has 0 amide bonds. The standard InChI is InChI=1S/C14H31N5O2S.HI/c1-3-15-14(16-8-9-18-22(20,21)4-2)17-10-13-19-11-6-5-7-12-19;/h18H,3-13H2,1-2H3,(H2,15,16,17);1H. The van der Waals surface area contributed by atoms with E-state index in [2.05, 4.69) is 25.2 Å². The molecule has 9 heteroatoms. The van der Waals surface area contributed by atoms with Crippen LogP contribution < -0.4 is 15.4 Å². The number of nitrogens with one attached hydrogen (secondary N) is 3. The fourth-order valence-corrected chi connectivity index (χ4v) is 2.93. The van der Waals surface area contributed by atoms with Crippen molar-refractivity contribution in [1.82, 2.24) is 20.3 Å². The molecule has 1 rings (SSSR count). The first-order chi connectivity index (χ1) is 10.6. The quantitative estimate of drug-likeness (QED) is 0.203. The molecule has 0 aromatic carbocycles. The van der Waals surface area contributed by atoms with Crippen LogP contribution in [0.1, 0.15) is 33.1 Å². The van der Waals surface area contributed by atoms with Gasteiger partial charge in [0.05, 0.1) is 12.3 Å². The lowest BCUT2D eigenvalue weighted by Gasteiger charge is -2.26. The number of sulfonamides is 1. The molecule has 0 spiro atoms. The molecule has 0 saturated carbocycles. The largest absolute Gasteiger partial charge is 0.357 e. The van der Waals surface area contributed by atoms with Gasteiger partial charge >= 0.3 is 0 Å². The Bertz CT molecular complexity index is 425. The van der Waals surface area contributed by atoms with E-state index in [1.54, 1.807) is 6.92 Å². The van der Waals surface area contributed by atoms with Crippen molar-refractivity contribution in [3.05, 3.63) is 0 Å². The Labute approximate surface area is 158 Å². The van der Waals surface area contributed by atoms with Gasteiger partial charge in [-0.3, -0.25) is 4.99 Å². The van der Waals surface area contributed by atoms with Crippen LogP contribution in [0.5, 0.6) is 0 Å². The van der Waals surface area contributed by atoms with E-state index in [0.29, 0.717) is 13.1 Å². The van der Waals surface area contributed by atoms with E-state index >= 15 is 0 Å². The predicted octanol–water partition coefficient (Wildman–Crippen LogP) is 0.585. The van der Waals surface area contributed by atoms with Gasteiger partial charge in [0.25, 0.3) is 0 Å². The Hall–Kier alpha value is -0.130. The first kappa shape index (κ1) is 22.9. The summed E-state index contributed by atoms with van der Waals surface area (Å²) < 4.78 is 25.2. The summed E-state index contributed by atoms with van der Waals surface area (Å²) in [6.45, 7) is 9.44. The van der Waals surface area contributed by atoms with Crippen molar-refractivity contribution >= 4 is 40.0 Å². The van der Waals surface area contributed by atoms with Crippen molar-refractivity contribution in [3.8, 4) is 0 Å². The number of hydrogen-bond acceptors (Lipinski definition) is 4. The minimum Gasteiger partial charge on any atom is -0.357 e. The maximum atomic E-state index is 11.3. The van der Waals surface area contributed by atoms with Crippen LogP contribution in [0.2, 0.25) is 0 Å². The summed E-state index contributed by atoms with van der Waals surface area (Å²) in [4.78, 5) is 6.85. The van der Waals surface area contributed by atoms with Crippen molar-refractivity contribution in [1.29, 1.82) is 0 Å². The minimum absolute atomic E-state index is 0. The number of guanidine groups is 1. The summed E-state index contributed by atoms with van der Waals surface area (Å²) in [7, 11) is -3.13. The van der Waals surface area contributed by atoms with Crippen LogP contribution in [0, 0.1) is 0 Å². The molecule has 0 bridgehead atoms. The van der Waals surface area contributed by atoms with E-state index in [0.717, 1.165) is 25.6 Å². The fraction of sp³-hybridized carbons (Fsp3) is 0.929. The molecule has 1 aliphatic rings. The number of likely N-dealkylation sites (tertiary alicyclic amines) is 1. The van der Waals surface area contributed by atoms with E-state index in [1.807, 2.05) is 6.92 Å². The summed E-state index contributed by atoms with van der Waals surface area (Å²) >= 11 is 0. The summed E-state index contributed by atoms with van der Waals surface area (Å²) in [5.41, 5.74) is 0. The topological polar surface area (TPSA) is 85.8 Å². The molecule has 0 aromatic rings. The molecule has 3 N–H and O–H groups in total. The van der Waals surface area contributed by atoms with Gasteiger partial charge in [-0.15, -0.1) is 24.0 Å². The summed E-state index contributed by atoms with van der Waals surface area (Å²) in [6.07, 6.45) is 3.94. The zero-order valence-electron chi connectivity index (χ0n) is 14.3. The normalized spacial score (nSPS) is 16.7. The Kier molecular flexibility index (Phi) is 13.1. The van der Waals surface area contributed by atoms with Gasteiger partial charge in [0.1, 0.15) is 0 Å². The van der Waals surface area contributed by atoms with Crippen molar-refractivity contribution in [3.63, 3.8) is 0 Å². The molecular weight excluding hydrogens is 429 g/mol. The number of halogens is 1. The molecule has 7 nitrogen and oxygen atoms in total. The van der Waals surface area contributed by atoms with Crippen molar-refractivity contribution in [2.24, 2.45) is 4.99 Å². The average molecular weight is 461 g/mol. The van der Waals surface area contributed by atoms with E-state index < -0.39 is 10.0 Å². The maximum Gasteiger partial charge on any atom is 0.211 e. The van der Waals surface area contributed by atoms with Crippen LogP contribution in [0.25, 0.3) is 0 Å². The first-order valence-corrected chi connectivity index (χ1v) is 9.94. The monoisotopic (exact) mass is 461 g/mol. The van der Waals surface area contributed by atoms with Gasteiger partial charge in [0.2, 0.25) is 10.0 Å². The highest BCUT2D eigenvalue weighted by molar-refractivity contribution is 14.0. The molecule has 0 aliphatic carbocycles. The number of nitrogens with zero attached hydrogens (tertiary/aromatic N) is 2. The summed E-state index contributed by atoms with van der Waals surface area (Å²) in [5.74, 6) is 0.848. The summed E-state index contributed by atoms with van der Waals surface area (Å²) in [6, 6.07) is 0. The third-order valence-corrected chi connectivity index (χ3v) is 5.00. The molecule has 1 heterocycles. The highest BCUT2D eigenvalue weighted by atomic mass is 127. The zero-order chi connectivity index (χ0) is 16.3. The Morgan fingerprint density at radius 1 is 1.09 bits per heavy atom. The molecule has 138 valence electrons. The van der Waals surface area contributed by atoms with Crippen LogP contribution in [-0.4, -0.2) is 70.8 Å². The van der Waals surface area contributed by atoms with Gasteiger partial charge in [-0.05, 0) is 39.8 Å². The molecule has 1 aliphatic heterocycles. The van der Waals surface area contributed by atoms with Crippen molar-refractivity contribution in [2.45, 2.75) is 33.1 Å². The van der Waals surface area contributed by atoms with E-state index in [9.17, 15) is 8.42 Å². The number of piperidine rings is 1. The minimum atomic E-state index is -3.13.